The van der Waals surface area contributed by atoms with Crippen molar-refractivity contribution in [2.24, 2.45) is 0 Å². The summed E-state index contributed by atoms with van der Waals surface area (Å²) in [6, 6.07) is 10.2. The summed E-state index contributed by atoms with van der Waals surface area (Å²) >= 11 is 0. The maximum absolute atomic E-state index is 11.0. The molecule has 1 amide bonds. The Morgan fingerprint density at radius 1 is 0.947 bits per heavy atom. The third-order valence-corrected chi connectivity index (χ3v) is 3.18. The predicted octanol–water partition coefficient (Wildman–Crippen LogP) is 2.77. The molecule has 0 N–H and O–H groups in total. The van der Waals surface area contributed by atoms with Gasteiger partial charge in [-0.3, -0.25) is 4.79 Å². The zero-order valence-corrected chi connectivity index (χ0v) is 12.2. The van der Waals surface area contributed by atoms with Gasteiger partial charge in [-0.25, -0.2) is 0 Å². The standard InChI is InChI=1S/C16H26N2O/c1-17(2)12-8-3-4-9-13-18(15-19)14-16-10-6-5-7-11-16/h5-7,10-11,15H,3-4,8-9,12-14H2,1-2H3. The van der Waals surface area contributed by atoms with Crippen LogP contribution in [0.25, 0.3) is 0 Å². The van der Waals surface area contributed by atoms with Crippen LogP contribution in [0.3, 0.4) is 0 Å². The number of carbonyl (C=O) groups is 1. The van der Waals surface area contributed by atoms with Gasteiger partial charge in [0.05, 0.1) is 0 Å². The van der Waals surface area contributed by atoms with E-state index < -0.39 is 0 Å². The van der Waals surface area contributed by atoms with Crippen molar-refractivity contribution in [3.05, 3.63) is 35.9 Å². The molecule has 1 aromatic rings. The van der Waals surface area contributed by atoms with Crippen molar-refractivity contribution in [1.29, 1.82) is 0 Å². The largest absolute Gasteiger partial charge is 0.341 e. The fourth-order valence-electron chi connectivity index (χ4n) is 2.08. The van der Waals surface area contributed by atoms with Crippen molar-refractivity contribution in [3.63, 3.8) is 0 Å². The van der Waals surface area contributed by atoms with Crippen LogP contribution in [0.4, 0.5) is 0 Å². The molecule has 1 rings (SSSR count). The van der Waals surface area contributed by atoms with Crippen LogP contribution >= 0.6 is 0 Å². The molecule has 3 nitrogen and oxygen atoms in total. The summed E-state index contributed by atoms with van der Waals surface area (Å²) in [6.07, 6.45) is 5.75. The van der Waals surface area contributed by atoms with Gasteiger partial charge in [-0.1, -0.05) is 43.2 Å². The smallest absolute Gasteiger partial charge is 0.210 e. The van der Waals surface area contributed by atoms with Crippen LogP contribution in [-0.2, 0) is 11.3 Å². The molecule has 0 bridgehead atoms. The van der Waals surface area contributed by atoms with Gasteiger partial charge in [0.15, 0.2) is 0 Å². The van der Waals surface area contributed by atoms with Gasteiger partial charge >= 0.3 is 0 Å². The Hall–Kier alpha value is -1.35. The molecule has 0 saturated heterocycles. The Morgan fingerprint density at radius 2 is 1.58 bits per heavy atom. The van der Waals surface area contributed by atoms with E-state index in [1.54, 1.807) is 0 Å². The number of rotatable bonds is 10. The van der Waals surface area contributed by atoms with Gasteiger partial charge < -0.3 is 9.80 Å². The molecule has 0 fully saturated rings. The Balaban J connectivity index is 2.14. The van der Waals surface area contributed by atoms with Crippen LogP contribution < -0.4 is 0 Å². The van der Waals surface area contributed by atoms with Gasteiger partial charge in [-0.2, -0.15) is 0 Å². The van der Waals surface area contributed by atoms with Crippen LogP contribution in [-0.4, -0.2) is 43.4 Å². The fourth-order valence-corrected chi connectivity index (χ4v) is 2.08. The number of nitrogens with zero attached hydrogens (tertiary/aromatic N) is 2. The lowest BCUT2D eigenvalue weighted by molar-refractivity contribution is -0.118. The molecule has 0 aliphatic rings. The quantitative estimate of drug-likeness (QED) is 0.478. The van der Waals surface area contributed by atoms with Gasteiger partial charge in [0, 0.05) is 13.1 Å². The molecule has 1 aromatic carbocycles. The van der Waals surface area contributed by atoms with Crippen molar-refractivity contribution in [2.75, 3.05) is 27.2 Å². The van der Waals surface area contributed by atoms with Crippen molar-refractivity contribution in [1.82, 2.24) is 9.80 Å². The fraction of sp³-hybridized carbons (Fsp3) is 0.562. The van der Waals surface area contributed by atoms with Gasteiger partial charge in [0.25, 0.3) is 0 Å². The van der Waals surface area contributed by atoms with E-state index in [0.717, 1.165) is 32.5 Å². The maximum atomic E-state index is 11.0. The molecule has 0 spiro atoms. The molecule has 0 saturated carbocycles. The highest BCUT2D eigenvalue weighted by atomic mass is 16.1. The Kier molecular flexibility index (Phi) is 7.91. The van der Waals surface area contributed by atoms with Gasteiger partial charge in [0.2, 0.25) is 6.41 Å². The van der Waals surface area contributed by atoms with E-state index >= 15 is 0 Å². The SMILES string of the molecule is CN(C)CCCCCCN(C=O)Cc1ccccc1. The zero-order valence-electron chi connectivity index (χ0n) is 12.2. The molecule has 0 atom stereocenters. The number of carbonyl (C=O) groups excluding carboxylic acids is 1. The third kappa shape index (κ3) is 7.62. The molecule has 0 unspecified atom stereocenters. The molecule has 3 heteroatoms. The van der Waals surface area contributed by atoms with E-state index in [9.17, 15) is 4.79 Å². The number of unbranched alkanes of at least 4 members (excludes halogenated alkanes) is 3. The van der Waals surface area contributed by atoms with E-state index in [-0.39, 0.29) is 0 Å². The Morgan fingerprint density at radius 3 is 2.16 bits per heavy atom. The minimum absolute atomic E-state index is 0.724. The number of hydrogen-bond donors (Lipinski definition) is 0. The van der Waals surface area contributed by atoms with Crippen molar-refractivity contribution in [3.8, 4) is 0 Å². The Labute approximate surface area is 117 Å². The first kappa shape index (κ1) is 15.7. The summed E-state index contributed by atoms with van der Waals surface area (Å²) in [4.78, 5) is 15.1. The summed E-state index contributed by atoms with van der Waals surface area (Å²) in [7, 11) is 4.21. The third-order valence-electron chi connectivity index (χ3n) is 3.18. The molecule has 0 radical (unpaired) electrons. The summed E-state index contributed by atoms with van der Waals surface area (Å²) in [5.74, 6) is 0. The van der Waals surface area contributed by atoms with E-state index in [1.165, 1.54) is 24.8 Å². The van der Waals surface area contributed by atoms with Crippen LogP contribution in [0.5, 0.6) is 0 Å². The molecular formula is C16H26N2O. The van der Waals surface area contributed by atoms with Gasteiger partial charge in [-0.05, 0) is 39.0 Å². The lowest BCUT2D eigenvalue weighted by atomic mass is 10.1. The maximum Gasteiger partial charge on any atom is 0.210 e. The minimum atomic E-state index is 0.724. The zero-order chi connectivity index (χ0) is 13.9. The van der Waals surface area contributed by atoms with Gasteiger partial charge in [0.1, 0.15) is 0 Å². The molecular weight excluding hydrogens is 236 g/mol. The highest BCUT2D eigenvalue weighted by Gasteiger charge is 2.02. The van der Waals surface area contributed by atoms with Crippen molar-refractivity contribution < 1.29 is 4.79 Å². The monoisotopic (exact) mass is 262 g/mol. The van der Waals surface area contributed by atoms with Crippen LogP contribution in [0.15, 0.2) is 30.3 Å². The molecule has 0 heterocycles. The van der Waals surface area contributed by atoms with Crippen molar-refractivity contribution >= 4 is 6.41 Å². The predicted molar refractivity (Wildman–Crippen MR) is 79.9 cm³/mol. The van der Waals surface area contributed by atoms with E-state index in [1.807, 2.05) is 23.1 Å². The first-order valence-corrected chi connectivity index (χ1v) is 7.10. The van der Waals surface area contributed by atoms with E-state index in [4.69, 9.17) is 0 Å². The molecule has 0 aliphatic heterocycles. The summed E-state index contributed by atoms with van der Waals surface area (Å²) in [5.41, 5.74) is 1.20. The summed E-state index contributed by atoms with van der Waals surface area (Å²) in [6.45, 7) is 2.74. The first-order chi connectivity index (χ1) is 9.22. The second-order valence-electron chi connectivity index (χ2n) is 5.28. The topological polar surface area (TPSA) is 23.6 Å². The highest BCUT2D eigenvalue weighted by Crippen LogP contribution is 2.06. The average Bonchev–Trinajstić information content (AvgIpc) is 2.42. The Bertz CT molecular complexity index is 338. The molecule has 19 heavy (non-hydrogen) atoms. The lowest BCUT2D eigenvalue weighted by Gasteiger charge is -2.17. The number of amides is 1. The average molecular weight is 262 g/mol. The first-order valence-electron chi connectivity index (χ1n) is 7.10. The summed E-state index contributed by atoms with van der Waals surface area (Å²) in [5, 5.41) is 0. The molecule has 106 valence electrons. The number of benzene rings is 1. The van der Waals surface area contributed by atoms with E-state index in [0.29, 0.717) is 0 Å². The summed E-state index contributed by atoms with van der Waals surface area (Å²) < 4.78 is 0. The lowest BCUT2D eigenvalue weighted by Crippen LogP contribution is -2.22. The molecule has 0 aliphatic carbocycles. The number of hydrogen-bond acceptors (Lipinski definition) is 2. The van der Waals surface area contributed by atoms with Crippen LogP contribution in [0.2, 0.25) is 0 Å². The normalized spacial score (nSPS) is 10.7. The molecule has 0 aromatic heterocycles. The van der Waals surface area contributed by atoms with Gasteiger partial charge in [-0.15, -0.1) is 0 Å². The van der Waals surface area contributed by atoms with Crippen LogP contribution in [0.1, 0.15) is 31.2 Å². The van der Waals surface area contributed by atoms with Crippen LogP contribution in [0, 0.1) is 0 Å². The van der Waals surface area contributed by atoms with Crippen molar-refractivity contribution in [2.45, 2.75) is 32.2 Å². The second kappa shape index (κ2) is 9.56. The van der Waals surface area contributed by atoms with E-state index in [2.05, 4.69) is 31.1 Å². The highest BCUT2D eigenvalue weighted by molar-refractivity contribution is 5.47. The second-order valence-corrected chi connectivity index (χ2v) is 5.28. The minimum Gasteiger partial charge on any atom is -0.341 e.